The van der Waals surface area contributed by atoms with Crippen molar-refractivity contribution < 1.29 is 23.4 Å². The molecule has 0 saturated carbocycles. The van der Waals surface area contributed by atoms with Gasteiger partial charge >= 0.3 is 0 Å². The second-order valence-corrected chi connectivity index (χ2v) is 7.32. The van der Waals surface area contributed by atoms with Crippen molar-refractivity contribution in [3.63, 3.8) is 0 Å². The predicted molar refractivity (Wildman–Crippen MR) is 114 cm³/mol. The molecule has 0 saturated heterocycles. The van der Waals surface area contributed by atoms with Gasteiger partial charge in [0.25, 0.3) is 0 Å². The fourth-order valence-corrected chi connectivity index (χ4v) is 4.07. The quantitative estimate of drug-likeness (QED) is 0.470. The molecule has 5 rings (SSSR count). The van der Waals surface area contributed by atoms with Gasteiger partial charge in [-0.2, -0.15) is 0 Å². The Morgan fingerprint density at radius 3 is 2.66 bits per heavy atom. The van der Waals surface area contributed by atoms with Gasteiger partial charge < -0.3 is 18.6 Å². The van der Waals surface area contributed by atoms with Crippen LogP contribution in [0, 0.1) is 0 Å². The van der Waals surface area contributed by atoms with Crippen molar-refractivity contribution >= 4 is 11.4 Å². The van der Waals surface area contributed by atoms with E-state index in [0.717, 1.165) is 5.56 Å². The Balaban J connectivity index is 1.78. The SMILES string of the molecule is COc1ccc([C@@H]2C(C(C)=O)=C(C)Oc3ncn4nc(-c5ccco5)nc4c32)cc1OC. The third kappa shape index (κ3) is 3.01. The van der Waals surface area contributed by atoms with Crippen LogP contribution in [0.1, 0.15) is 30.9 Å². The van der Waals surface area contributed by atoms with Crippen LogP contribution in [-0.2, 0) is 4.79 Å². The van der Waals surface area contributed by atoms with Gasteiger partial charge in [0, 0.05) is 5.57 Å². The highest BCUT2D eigenvalue weighted by Crippen LogP contribution is 2.45. The largest absolute Gasteiger partial charge is 0.493 e. The maximum atomic E-state index is 12.7. The smallest absolute Gasteiger partial charge is 0.228 e. The van der Waals surface area contributed by atoms with E-state index in [1.165, 1.54) is 13.3 Å². The zero-order valence-corrected chi connectivity index (χ0v) is 17.9. The Morgan fingerprint density at radius 2 is 1.97 bits per heavy atom. The van der Waals surface area contributed by atoms with Crippen molar-refractivity contribution in [1.82, 2.24) is 19.6 Å². The lowest BCUT2D eigenvalue weighted by molar-refractivity contribution is -0.114. The van der Waals surface area contributed by atoms with Crippen LogP contribution in [0.3, 0.4) is 0 Å². The number of hydrogen-bond donors (Lipinski definition) is 0. The first kappa shape index (κ1) is 19.8. The minimum atomic E-state index is -0.485. The minimum absolute atomic E-state index is 0.110. The molecule has 162 valence electrons. The van der Waals surface area contributed by atoms with E-state index in [2.05, 4.69) is 15.1 Å². The number of ketones is 1. The number of benzene rings is 1. The molecular formula is C23H20N4O5. The molecule has 9 heteroatoms. The fourth-order valence-electron chi connectivity index (χ4n) is 4.07. The Hall–Kier alpha value is -4.14. The Labute approximate surface area is 183 Å². The van der Waals surface area contributed by atoms with E-state index in [9.17, 15) is 4.79 Å². The van der Waals surface area contributed by atoms with Crippen LogP contribution in [0.5, 0.6) is 17.4 Å². The Morgan fingerprint density at radius 1 is 1.16 bits per heavy atom. The van der Waals surface area contributed by atoms with E-state index in [-0.39, 0.29) is 5.78 Å². The van der Waals surface area contributed by atoms with Crippen LogP contribution in [0.25, 0.3) is 17.2 Å². The highest BCUT2D eigenvalue weighted by Gasteiger charge is 2.36. The highest BCUT2D eigenvalue weighted by molar-refractivity contribution is 5.97. The van der Waals surface area contributed by atoms with E-state index in [4.69, 9.17) is 18.6 Å². The van der Waals surface area contributed by atoms with Crippen LogP contribution in [0.4, 0.5) is 0 Å². The molecule has 4 aromatic rings. The molecule has 0 aliphatic carbocycles. The lowest BCUT2D eigenvalue weighted by Gasteiger charge is -2.28. The van der Waals surface area contributed by atoms with E-state index in [1.54, 1.807) is 44.1 Å². The second kappa shape index (κ2) is 7.52. The number of furan rings is 1. The second-order valence-electron chi connectivity index (χ2n) is 7.32. The number of Topliss-reactive ketones (excluding diaryl/α,β-unsaturated/α-hetero) is 1. The molecule has 1 atom stereocenters. The number of allylic oxidation sites excluding steroid dienone is 2. The van der Waals surface area contributed by atoms with Crippen LogP contribution in [0.15, 0.2) is 58.7 Å². The van der Waals surface area contributed by atoms with E-state index in [1.807, 2.05) is 18.2 Å². The van der Waals surface area contributed by atoms with Crippen LogP contribution in [-0.4, -0.2) is 39.6 Å². The number of aromatic nitrogens is 4. The molecule has 0 spiro atoms. The Kier molecular flexibility index (Phi) is 4.66. The average molecular weight is 432 g/mol. The van der Waals surface area contributed by atoms with Crippen LogP contribution >= 0.6 is 0 Å². The zero-order valence-electron chi connectivity index (χ0n) is 17.9. The lowest BCUT2D eigenvalue weighted by atomic mass is 9.81. The molecule has 0 radical (unpaired) electrons. The molecular weight excluding hydrogens is 412 g/mol. The van der Waals surface area contributed by atoms with Gasteiger partial charge in [0.15, 0.2) is 28.7 Å². The number of carbonyl (C=O) groups is 1. The molecule has 0 fully saturated rings. The average Bonchev–Trinajstić information content (AvgIpc) is 3.47. The van der Waals surface area contributed by atoms with Crippen molar-refractivity contribution in [1.29, 1.82) is 0 Å². The van der Waals surface area contributed by atoms with E-state index in [0.29, 0.717) is 51.5 Å². The van der Waals surface area contributed by atoms with E-state index >= 15 is 0 Å². The monoisotopic (exact) mass is 432 g/mol. The van der Waals surface area contributed by atoms with Gasteiger partial charge in [-0.1, -0.05) is 6.07 Å². The summed E-state index contributed by atoms with van der Waals surface area (Å²) in [6, 6.07) is 9.10. The summed E-state index contributed by atoms with van der Waals surface area (Å²) in [7, 11) is 3.15. The predicted octanol–water partition coefficient (Wildman–Crippen LogP) is 3.79. The minimum Gasteiger partial charge on any atom is -0.493 e. The number of fused-ring (bicyclic) bond motifs is 3. The summed E-state index contributed by atoms with van der Waals surface area (Å²) >= 11 is 0. The first-order valence-electron chi connectivity index (χ1n) is 9.92. The molecule has 32 heavy (non-hydrogen) atoms. The Bertz CT molecular complexity index is 1370. The summed E-state index contributed by atoms with van der Waals surface area (Å²) in [5.74, 6) is 2.35. The standard InChI is InChI=1S/C23H20N4O5/c1-12(28)18-13(2)32-23-20(19(18)14-7-8-15(29-3)17(10-14)30-4)22-25-21(16-6-5-9-31-16)26-27(22)11-24-23/h5-11,19H,1-4H3/t19-/m1/s1. The van der Waals surface area contributed by atoms with Gasteiger partial charge in [-0.05, 0) is 43.7 Å². The molecule has 0 N–H and O–H groups in total. The molecule has 1 aliphatic heterocycles. The molecule has 0 bridgehead atoms. The molecule has 1 aliphatic rings. The number of methoxy groups -OCH3 is 2. The number of rotatable bonds is 5. The number of hydrogen-bond acceptors (Lipinski definition) is 8. The lowest BCUT2D eigenvalue weighted by Crippen LogP contribution is -2.22. The first-order valence-corrected chi connectivity index (χ1v) is 9.92. The normalized spacial score (nSPS) is 15.4. The first-order chi connectivity index (χ1) is 15.5. The topological polar surface area (TPSA) is 101 Å². The summed E-state index contributed by atoms with van der Waals surface area (Å²) in [5.41, 5.74) is 2.49. The van der Waals surface area contributed by atoms with Crippen molar-refractivity contribution in [2.45, 2.75) is 19.8 Å². The summed E-state index contributed by atoms with van der Waals surface area (Å²) < 4.78 is 23.8. The van der Waals surface area contributed by atoms with Crippen LogP contribution in [0.2, 0.25) is 0 Å². The van der Waals surface area contributed by atoms with Crippen molar-refractivity contribution in [2.24, 2.45) is 0 Å². The molecule has 0 amide bonds. The third-order valence-corrected chi connectivity index (χ3v) is 5.46. The van der Waals surface area contributed by atoms with Gasteiger partial charge in [-0.15, -0.1) is 5.10 Å². The van der Waals surface area contributed by atoms with Crippen molar-refractivity contribution in [3.05, 3.63) is 65.4 Å². The molecule has 0 unspecified atom stereocenters. The summed E-state index contributed by atoms with van der Waals surface area (Å²) in [4.78, 5) is 21.9. The van der Waals surface area contributed by atoms with Gasteiger partial charge in [0.05, 0.1) is 32.0 Å². The molecule has 1 aromatic carbocycles. The number of carbonyl (C=O) groups excluding carboxylic acids is 1. The van der Waals surface area contributed by atoms with Gasteiger partial charge in [-0.25, -0.2) is 14.5 Å². The van der Waals surface area contributed by atoms with Crippen molar-refractivity contribution in [3.8, 4) is 29.0 Å². The van der Waals surface area contributed by atoms with Gasteiger partial charge in [0.1, 0.15) is 12.1 Å². The molecule has 3 aromatic heterocycles. The summed E-state index contributed by atoms with van der Waals surface area (Å²) in [6.07, 6.45) is 3.09. The maximum Gasteiger partial charge on any atom is 0.228 e. The third-order valence-electron chi connectivity index (χ3n) is 5.46. The van der Waals surface area contributed by atoms with E-state index < -0.39 is 5.92 Å². The van der Waals surface area contributed by atoms with Crippen LogP contribution < -0.4 is 14.2 Å². The summed E-state index contributed by atoms with van der Waals surface area (Å²) in [6.45, 7) is 3.28. The number of nitrogens with zero attached hydrogens (tertiary/aromatic N) is 4. The highest BCUT2D eigenvalue weighted by atomic mass is 16.5. The molecule has 4 heterocycles. The number of ether oxygens (including phenoxy) is 3. The summed E-state index contributed by atoms with van der Waals surface area (Å²) in [5, 5.41) is 4.49. The van der Waals surface area contributed by atoms with Gasteiger partial charge in [-0.3, -0.25) is 4.79 Å². The fraction of sp³-hybridized carbons (Fsp3) is 0.217. The maximum absolute atomic E-state index is 12.7. The van der Waals surface area contributed by atoms with Crippen molar-refractivity contribution in [2.75, 3.05) is 14.2 Å². The zero-order chi connectivity index (χ0) is 22.4. The molecule has 9 nitrogen and oxygen atoms in total. The van der Waals surface area contributed by atoms with Gasteiger partial charge in [0.2, 0.25) is 11.7 Å².